The van der Waals surface area contributed by atoms with E-state index >= 15 is 0 Å². The molecule has 1 amide bonds. The molecule has 3 heterocycles. The quantitative estimate of drug-likeness (QED) is 0.734. The number of nitrogens with zero attached hydrogens (tertiary/aromatic N) is 3. The van der Waals surface area contributed by atoms with Gasteiger partial charge in [0.25, 0.3) is 5.56 Å². The highest BCUT2D eigenvalue weighted by Gasteiger charge is 2.35. The van der Waals surface area contributed by atoms with Crippen molar-refractivity contribution in [1.29, 1.82) is 0 Å². The fourth-order valence-corrected chi connectivity index (χ4v) is 3.26. The summed E-state index contributed by atoms with van der Waals surface area (Å²) in [5.74, 6) is -2.09. The predicted molar refractivity (Wildman–Crippen MR) is 88.2 cm³/mol. The SMILES string of the molecule is Cc1nn(-c2ccc(=O)[nH]n2)c2c1C(c1c(F)cccc1F)CC(=O)N2. The van der Waals surface area contributed by atoms with Crippen LogP contribution in [0.15, 0.2) is 35.1 Å². The van der Waals surface area contributed by atoms with Crippen molar-refractivity contribution in [1.82, 2.24) is 20.0 Å². The summed E-state index contributed by atoms with van der Waals surface area (Å²) in [5, 5.41) is 13.2. The van der Waals surface area contributed by atoms with Crippen molar-refractivity contribution < 1.29 is 13.6 Å². The maximum Gasteiger partial charge on any atom is 0.264 e. The number of hydrogen-bond acceptors (Lipinski definition) is 4. The van der Waals surface area contributed by atoms with Crippen molar-refractivity contribution in [2.24, 2.45) is 0 Å². The third kappa shape index (κ3) is 2.48. The second-order valence-electron chi connectivity index (χ2n) is 5.98. The van der Waals surface area contributed by atoms with Gasteiger partial charge in [-0.15, -0.1) is 0 Å². The van der Waals surface area contributed by atoms with Gasteiger partial charge in [-0.25, -0.2) is 13.9 Å². The molecule has 132 valence electrons. The summed E-state index contributed by atoms with van der Waals surface area (Å²) < 4.78 is 30.0. The molecule has 0 saturated heterocycles. The number of carbonyl (C=O) groups excluding carboxylic acids is 1. The lowest BCUT2D eigenvalue weighted by Gasteiger charge is -2.24. The van der Waals surface area contributed by atoms with E-state index in [-0.39, 0.29) is 29.2 Å². The molecule has 26 heavy (non-hydrogen) atoms. The fourth-order valence-electron chi connectivity index (χ4n) is 3.26. The fraction of sp³-hybridized carbons (Fsp3) is 0.176. The van der Waals surface area contributed by atoms with Gasteiger partial charge in [-0.3, -0.25) is 9.59 Å². The normalized spacial score (nSPS) is 16.3. The highest BCUT2D eigenvalue weighted by atomic mass is 19.1. The maximum atomic E-state index is 14.3. The number of benzene rings is 1. The summed E-state index contributed by atoms with van der Waals surface area (Å²) in [6.45, 7) is 1.68. The number of nitrogens with one attached hydrogen (secondary N) is 2. The number of carbonyl (C=O) groups is 1. The molecule has 1 aliphatic heterocycles. The lowest BCUT2D eigenvalue weighted by Crippen LogP contribution is -2.26. The molecule has 1 aliphatic rings. The van der Waals surface area contributed by atoms with Crippen LogP contribution < -0.4 is 10.9 Å². The van der Waals surface area contributed by atoms with E-state index in [9.17, 15) is 18.4 Å². The minimum atomic E-state index is -0.809. The van der Waals surface area contributed by atoms with Crippen molar-refractivity contribution in [2.45, 2.75) is 19.3 Å². The number of aryl methyl sites for hydroxylation is 1. The molecule has 7 nitrogen and oxygen atoms in total. The van der Waals surface area contributed by atoms with E-state index < -0.39 is 23.5 Å². The summed E-state index contributed by atoms with van der Waals surface area (Å²) in [5.41, 5.74) is 0.463. The van der Waals surface area contributed by atoms with Gasteiger partial charge in [0.05, 0.1) is 5.69 Å². The second-order valence-corrected chi connectivity index (χ2v) is 5.98. The standard InChI is InChI=1S/C17H13F2N5O2/c1-8-15-9(16-10(18)3-2-4-11(16)19)7-14(26)20-17(15)24(23-8)12-5-6-13(25)22-21-12/h2-6,9H,7H2,1H3,(H,20,26)(H,22,25). The third-order valence-corrected chi connectivity index (χ3v) is 4.33. The molecule has 3 aromatic rings. The van der Waals surface area contributed by atoms with E-state index in [0.29, 0.717) is 11.3 Å². The Kier molecular flexibility index (Phi) is 3.64. The molecule has 0 fully saturated rings. The van der Waals surface area contributed by atoms with Crippen molar-refractivity contribution in [2.75, 3.05) is 5.32 Å². The van der Waals surface area contributed by atoms with Gasteiger partial charge >= 0.3 is 0 Å². The smallest absolute Gasteiger partial charge is 0.264 e. The minimum Gasteiger partial charge on any atom is -0.310 e. The average Bonchev–Trinajstić information content (AvgIpc) is 2.92. The van der Waals surface area contributed by atoms with Crippen LogP contribution in [0.4, 0.5) is 14.6 Å². The van der Waals surface area contributed by atoms with Crippen molar-refractivity contribution in [3.8, 4) is 5.82 Å². The lowest BCUT2D eigenvalue weighted by molar-refractivity contribution is -0.116. The number of hydrogen-bond donors (Lipinski definition) is 2. The van der Waals surface area contributed by atoms with E-state index in [1.807, 2.05) is 0 Å². The summed E-state index contributed by atoms with van der Waals surface area (Å²) in [7, 11) is 0. The molecule has 9 heteroatoms. The van der Waals surface area contributed by atoms with E-state index in [1.54, 1.807) is 6.92 Å². The molecule has 0 aliphatic carbocycles. The van der Waals surface area contributed by atoms with Crippen LogP contribution in [0, 0.1) is 18.6 Å². The molecule has 0 saturated carbocycles. The molecule has 4 rings (SSSR count). The topological polar surface area (TPSA) is 92.7 Å². The van der Waals surface area contributed by atoms with Gasteiger partial charge < -0.3 is 5.32 Å². The first kappa shape index (κ1) is 16.1. The first-order valence-electron chi connectivity index (χ1n) is 7.85. The van der Waals surface area contributed by atoms with Crippen LogP contribution in [0.3, 0.4) is 0 Å². The van der Waals surface area contributed by atoms with Gasteiger partial charge in [0, 0.05) is 29.5 Å². The van der Waals surface area contributed by atoms with Crippen LogP contribution in [-0.2, 0) is 4.79 Å². The van der Waals surface area contributed by atoms with Crippen molar-refractivity contribution >= 4 is 11.7 Å². The van der Waals surface area contributed by atoms with Gasteiger partial charge in [0.15, 0.2) is 5.82 Å². The highest BCUT2D eigenvalue weighted by Crippen LogP contribution is 2.41. The van der Waals surface area contributed by atoms with Crippen LogP contribution in [0.25, 0.3) is 5.82 Å². The third-order valence-electron chi connectivity index (χ3n) is 4.33. The molecule has 1 aromatic carbocycles. The Hall–Kier alpha value is -3.36. The number of aromatic nitrogens is 4. The van der Waals surface area contributed by atoms with Gasteiger partial charge in [-0.05, 0) is 25.1 Å². The van der Waals surface area contributed by atoms with Gasteiger partial charge in [0.2, 0.25) is 5.91 Å². The number of rotatable bonds is 2. The minimum absolute atomic E-state index is 0.101. The average molecular weight is 357 g/mol. The molecule has 1 atom stereocenters. The number of aromatic amines is 1. The van der Waals surface area contributed by atoms with Crippen LogP contribution in [0.1, 0.15) is 29.2 Å². The van der Waals surface area contributed by atoms with Crippen molar-refractivity contribution in [3.63, 3.8) is 0 Å². The summed E-state index contributed by atoms with van der Waals surface area (Å²) in [4.78, 5) is 23.4. The molecule has 2 N–H and O–H groups in total. The number of amides is 1. The number of H-pyrrole nitrogens is 1. The molecule has 2 aromatic heterocycles. The largest absolute Gasteiger partial charge is 0.310 e. The Bertz CT molecular complexity index is 1050. The maximum absolute atomic E-state index is 14.3. The Balaban J connectivity index is 1.93. The number of anilines is 1. The Labute approximate surface area is 145 Å². The summed E-state index contributed by atoms with van der Waals surface area (Å²) in [6, 6.07) is 6.30. The number of halogens is 2. The molecule has 0 spiro atoms. The van der Waals surface area contributed by atoms with Gasteiger partial charge in [-0.1, -0.05) is 6.07 Å². The van der Waals surface area contributed by atoms with E-state index in [1.165, 1.54) is 22.9 Å². The van der Waals surface area contributed by atoms with Crippen molar-refractivity contribution in [3.05, 3.63) is 69.1 Å². The molecule has 0 radical (unpaired) electrons. The zero-order valence-electron chi connectivity index (χ0n) is 13.6. The zero-order chi connectivity index (χ0) is 18.4. The summed E-state index contributed by atoms with van der Waals surface area (Å²) in [6.07, 6.45) is -0.101. The van der Waals surface area contributed by atoms with E-state index in [2.05, 4.69) is 20.6 Å². The molecular weight excluding hydrogens is 344 g/mol. The highest BCUT2D eigenvalue weighted by molar-refractivity contribution is 5.95. The Morgan fingerprint density at radius 2 is 1.85 bits per heavy atom. The first-order chi connectivity index (χ1) is 12.5. The van der Waals surface area contributed by atoms with Crippen LogP contribution in [0.5, 0.6) is 0 Å². The van der Waals surface area contributed by atoms with E-state index in [4.69, 9.17) is 0 Å². The summed E-state index contributed by atoms with van der Waals surface area (Å²) >= 11 is 0. The van der Waals surface area contributed by atoms with E-state index in [0.717, 1.165) is 12.1 Å². The zero-order valence-corrected chi connectivity index (χ0v) is 13.6. The molecule has 1 unspecified atom stereocenters. The van der Waals surface area contributed by atoms with Crippen LogP contribution in [-0.4, -0.2) is 25.9 Å². The van der Waals surface area contributed by atoms with Crippen LogP contribution >= 0.6 is 0 Å². The first-order valence-corrected chi connectivity index (χ1v) is 7.85. The Morgan fingerprint density at radius 3 is 2.50 bits per heavy atom. The van der Waals surface area contributed by atoms with Crippen LogP contribution in [0.2, 0.25) is 0 Å². The second kappa shape index (κ2) is 5.87. The number of fused-ring (bicyclic) bond motifs is 1. The predicted octanol–water partition coefficient (Wildman–Crippen LogP) is 2.02. The lowest BCUT2D eigenvalue weighted by atomic mass is 9.85. The van der Waals surface area contributed by atoms with Gasteiger partial charge in [0.1, 0.15) is 17.5 Å². The molecular formula is C17H13F2N5O2. The Morgan fingerprint density at radius 1 is 1.12 bits per heavy atom. The van der Waals surface area contributed by atoms with Gasteiger partial charge in [-0.2, -0.15) is 14.9 Å². The monoisotopic (exact) mass is 357 g/mol. The molecule has 0 bridgehead atoms.